The van der Waals surface area contributed by atoms with Gasteiger partial charge in [0.1, 0.15) is 5.60 Å². The van der Waals surface area contributed by atoms with Gasteiger partial charge in [-0.05, 0) is 26.3 Å². The van der Waals surface area contributed by atoms with Crippen molar-refractivity contribution in [1.82, 2.24) is 4.90 Å². The number of methoxy groups -OCH3 is 1. The lowest BCUT2D eigenvalue weighted by atomic mass is 10.2. The first-order valence-electron chi connectivity index (χ1n) is 7.51. The molecule has 0 unspecified atom stereocenters. The highest BCUT2D eigenvalue weighted by Gasteiger charge is 2.22. The van der Waals surface area contributed by atoms with Gasteiger partial charge in [-0.1, -0.05) is 30.3 Å². The van der Waals surface area contributed by atoms with E-state index in [-0.39, 0.29) is 6.09 Å². The van der Waals surface area contributed by atoms with Crippen LogP contribution in [0.15, 0.2) is 30.3 Å². The van der Waals surface area contributed by atoms with E-state index in [0.717, 1.165) is 5.56 Å². The van der Waals surface area contributed by atoms with Gasteiger partial charge in [0.05, 0.1) is 19.8 Å². The minimum Gasteiger partial charge on any atom is -0.444 e. The van der Waals surface area contributed by atoms with Gasteiger partial charge in [-0.2, -0.15) is 0 Å². The lowest BCUT2D eigenvalue weighted by molar-refractivity contribution is 0.0119. The summed E-state index contributed by atoms with van der Waals surface area (Å²) in [7, 11) is 1.63. The molecule has 1 aromatic rings. The van der Waals surface area contributed by atoms with E-state index in [9.17, 15) is 4.79 Å². The highest BCUT2D eigenvalue weighted by atomic mass is 16.6. The van der Waals surface area contributed by atoms with Crippen molar-refractivity contribution in [1.29, 1.82) is 0 Å². The fourth-order valence-electron chi connectivity index (χ4n) is 1.78. The van der Waals surface area contributed by atoms with E-state index in [0.29, 0.717) is 32.9 Å². The van der Waals surface area contributed by atoms with Crippen LogP contribution >= 0.6 is 0 Å². The second-order valence-corrected chi connectivity index (χ2v) is 5.99. The van der Waals surface area contributed by atoms with Gasteiger partial charge in [-0.15, -0.1) is 0 Å². The summed E-state index contributed by atoms with van der Waals surface area (Å²) in [4.78, 5) is 14.0. The van der Waals surface area contributed by atoms with Gasteiger partial charge in [0.15, 0.2) is 0 Å². The highest BCUT2D eigenvalue weighted by Crippen LogP contribution is 2.12. The fraction of sp³-hybridized carbons (Fsp3) is 0.588. The molecule has 0 aliphatic heterocycles. The van der Waals surface area contributed by atoms with Crippen molar-refractivity contribution >= 4 is 6.09 Å². The summed E-state index contributed by atoms with van der Waals surface area (Å²) in [6.45, 7) is 8.09. The summed E-state index contributed by atoms with van der Waals surface area (Å²) in [6.07, 6.45) is -0.327. The van der Waals surface area contributed by atoms with E-state index in [1.807, 2.05) is 51.1 Å². The van der Waals surface area contributed by atoms with Crippen molar-refractivity contribution in [2.45, 2.75) is 32.9 Å². The van der Waals surface area contributed by atoms with Crippen LogP contribution < -0.4 is 0 Å². The van der Waals surface area contributed by atoms with Crippen LogP contribution in [0.1, 0.15) is 26.3 Å². The Kier molecular flexibility index (Phi) is 7.91. The third-order valence-electron chi connectivity index (χ3n) is 2.81. The van der Waals surface area contributed by atoms with Gasteiger partial charge in [0.2, 0.25) is 0 Å². The van der Waals surface area contributed by atoms with Gasteiger partial charge in [-0.25, -0.2) is 4.79 Å². The van der Waals surface area contributed by atoms with E-state index in [1.54, 1.807) is 12.0 Å². The Bertz CT molecular complexity index is 428. The van der Waals surface area contributed by atoms with Gasteiger partial charge in [-0.3, -0.25) is 0 Å². The molecule has 0 aliphatic rings. The smallest absolute Gasteiger partial charge is 0.410 e. The van der Waals surface area contributed by atoms with Crippen LogP contribution in [-0.4, -0.2) is 50.1 Å². The third kappa shape index (κ3) is 8.00. The number of hydrogen-bond donors (Lipinski definition) is 0. The molecule has 0 N–H and O–H groups in total. The lowest BCUT2D eigenvalue weighted by Gasteiger charge is -2.27. The molecule has 0 fully saturated rings. The molecule has 5 nitrogen and oxygen atoms in total. The summed E-state index contributed by atoms with van der Waals surface area (Å²) in [6, 6.07) is 9.84. The van der Waals surface area contributed by atoms with Gasteiger partial charge >= 0.3 is 6.09 Å². The number of nitrogens with zero attached hydrogens (tertiary/aromatic N) is 1. The molecule has 1 amide bonds. The Morgan fingerprint density at radius 2 is 1.77 bits per heavy atom. The van der Waals surface area contributed by atoms with E-state index >= 15 is 0 Å². The molecule has 0 heterocycles. The monoisotopic (exact) mass is 309 g/mol. The van der Waals surface area contributed by atoms with Crippen LogP contribution in [0.2, 0.25) is 0 Å². The molecule has 124 valence electrons. The molecule has 22 heavy (non-hydrogen) atoms. The molecular weight excluding hydrogens is 282 g/mol. The minimum absolute atomic E-state index is 0.327. The Morgan fingerprint density at radius 1 is 1.09 bits per heavy atom. The second-order valence-electron chi connectivity index (χ2n) is 5.99. The third-order valence-corrected chi connectivity index (χ3v) is 2.81. The van der Waals surface area contributed by atoms with E-state index in [2.05, 4.69) is 0 Å². The lowest BCUT2D eigenvalue weighted by Crippen LogP contribution is -2.38. The van der Waals surface area contributed by atoms with E-state index in [4.69, 9.17) is 14.2 Å². The minimum atomic E-state index is -0.511. The maximum Gasteiger partial charge on any atom is 0.410 e. The van der Waals surface area contributed by atoms with Gasteiger partial charge in [0, 0.05) is 20.2 Å². The number of ether oxygens (including phenoxy) is 3. The molecule has 0 radical (unpaired) electrons. The molecule has 0 bridgehead atoms. The topological polar surface area (TPSA) is 48.0 Å². The van der Waals surface area contributed by atoms with Crippen LogP contribution in [0.3, 0.4) is 0 Å². The second kappa shape index (κ2) is 9.43. The highest BCUT2D eigenvalue weighted by molar-refractivity contribution is 5.68. The van der Waals surface area contributed by atoms with Crippen LogP contribution in [-0.2, 0) is 20.8 Å². The molecule has 0 saturated heterocycles. The summed E-state index contributed by atoms with van der Waals surface area (Å²) >= 11 is 0. The Morgan fingerprint density at radius 3 is 2.36 bits per heavy atom. The number of carbonyl (C=O) groups is 1. The maximum absolute atomic E-state index is 12.3. The molecule has 0 spiro atoms. The largest absolute Gasteiger partial charge is 0.444 e. The van der Waals surface area contributed by atoms with Crippen molar-refractivity contribution in [3.8, 4) is 0 Å². The quantitative estimate of drug-likeness (QED) is 0.692. The first-order chi connectivity index (χ1) is 10.4. The van der Waals surface area contributed by atoms with Gasteiger partial charge < -0.3 is 19.1 Å². The molecule has 0 aromatic heterocycles. The normalized spacial score (nSPS) is 11.3. The van der Waals surface area contributed by atoms with Crippen LogP contribution in [0.5, 0.6) is 0 Å². The number of rotatable bonds is 8. The zero-order valence-corrected chi connectivity index (χ0v) is 14.0. The predicted molar refractivity (Wildman–Crippen MR) is 85.8 cm³/mol. The van der Waals surface area contributed by atoms with E-state index in [1.165, 1.54) is 0 Å². The number of hydrogen-bond acceptors (Lipinski definition) is 4. The number of carbonyl (C=O) groups excluding carboxylic acids is 1. The molecule has 0 saturated carbocycles. The zero-order valence-electron chi connectivity index (χ0n) is 14.0. The molecule has 1 aromatic carbocycles. The van der Waals surface area contributed by atoms with Crippen LogP contribution in [0.25, 0.3) is 0 Å². The van der Waals surface area contributed by atoms with Crippen LogP contribution in [0.4, 0.5) is 4.79 Å². The molecular formula is C17H27NO4. The summed E-state index contributed by atoms with van der Waals surface area (Å²) < 4.78 is 15.8. The zero-order chi connectivity index (χ0) is 16.4. The van der Waals surface area contributed by atoms with Crippen molar-refractivity contribution in [3.05, 3.63) is 35.9 Å². The van der Waals surface area contributed by atoms with Gasteiger partial charge in [0.25, 0.3) is 0 Å². The molecule has 5 heteroatoms. The molecule has 0 aliphatic carbocycles. The number of amides is 1. The average molecular weight is 309 g/mol. The fourth-order valence-corrected chi connectivity index (χ4v) is 1.78. The van der Waals surface area contributed by atoms with Crippen molar-refractivity contribution in [2.24, 2.45) is 0 Å². The Labute approximate surface area is 133 Å². The SMILES string of the molecule is COCCOCCN(Cc1ccccc1)C(=O)OC(C)(C)C. The first kappa shape index (κ1) is 18.5. The maximum atomic E-state index is 12.3. The number of benzene rings is 1. The van der Waals surface area contributed by atoms with Crippen molar-refractivity contribution in [3.63, 3.8) is 0 Å². The van der Waals surface area contributed by atoms with E-state index < -0.39 is 5.60 Å². The van der Waals surface area contributed by atoms with Crippen molar-refractivity contribution in [2.75, 3.05) is 33.5 Å². The van der Waals surface area contributed by atoms with Crippen molar-refractivity contribution < 1.29 is 19.0 Å². The molecule has 1 rings (SSSR count). The summed E-state index contributed by atoms with van der Waals surface area (Å²) in [5, 5.41) is 0. The summed E-state index contributed by atoms with van der Waals surface area (Å²) in [5.41, 5.74) is 0.549. The first-order valence-corrected chi connectivity index (χ1v) is 7.51. The Hall–Kier alpha value is -1.59. The molecule has 0 atom stereocenters. The van der Waals surface area contributed by atoms with Crippen LogP contribution in [0, 0.1) is 0 Å². The Balaban J connectivity index is 2.58. The predicted octanol–water partition coefficient (Wildman–Crippen LogP) is 3.09. The summed E-state index contributed by atoms with van der Waals surface area (Å²) in [5.74, 6) is 0. The average Bonchev–Trinajstić information content (AvgIpc) is 2.45. The standard InChI is InChI=1S/C17H27NO4/c1-17(2,3)22-16(19)18(10-11-21-13-12-20-4)14-15-8-6-5-7-9-15/h5-9H,10-14H2,1-4H3.